The van der Waals surface area contributed by atoms with Crippen molar-refractivity contribution in [2.24, 2.45) is 11.0 Å². The standard InChI is InChI=1S/C19H18BrN3O2/c1-12(14-8-5-9-15(20)10-14)22-23-19(25)17-16(11-21-18(17)24)13-6-3-2-4-7-13/h2-10,16-17H,11H2,1H3,(H,21,24)(H,23,25)/t16-,17-/m1/s1. The lowest BCUT2D eigenvalue weighted by Gasteiger charge is -2.15. The van der Waals surface area contributed by atoms with Crippen LogP contribution in [0, 0.1) is 5.92 Å². The first-order valence-corrected chi connectivity index (χ1v) is 8.78. The predicted molar refractivity (Wildman–Crippen MR) is 100 cm³/mol. The fraction of sp³-hybridized carbons (Fsp3) is 0.211. The van der Waals surface area contributed by atoms with Gasteiger partial charge in [-0.3, -0.25) is 9.59 Å². The highest BCUT2D eigenvalue weighted by atomic mass is 79.9. The molecule has 6 heteroatoms. The molecule has 1 saturated heterocycles. The SMILES string of the molecule is CC(=NNC(=O)[C@H]1C(=O)NC[C@@H]1c1ccccc1)c1cccc(Br)c1. The first kappa shape index (κ1) is 17.4. The first-order valence-electron chi connectivity index (χ1n) is 7.99. The minimum Gasteiger partial charge on any atom is -0.355 e. The van der Waals surface area contributed by atoms with Crippen molar-refractivity contribution < 1.29 is 9.59 Å². The second kappa shape index (κ2) is 7.61. The van der Waals surface area contributed by atoms with E-state index in [0.29, 0.717) is 12.3 Å². The van der Waals surface area contributed by atoms with Crippen LogP contribution in [-0.2, 0) is 9.59 Å². The zero-order chi connectivity index (χ0) is 17.8. The number of nitrogens with one attached hydrogen (secondary N) is 2. The largest absolute Gasteiger partial charge is 0.355 e. The Morgan fingerprint density at radius 2 is 1.96 bits per heavy atom. The van der Waals surface area contributed by atoms with Crippen molar-refractivity contribution in [3.63, 3.8) is 0 Å². The molecular formula is C19H18BrN3O2. The summed E-state index contributed by atoms with van der Waals surface area (Å²) in [7, 11) is 0. The highest BCUT2D eigenvalue weighted by molar-refractivity contribution is 9.10. The summed E-state index contributed by atoms with van der Waals surface area (Å²) in [6.45, 7) is 2.26. The fourth-order valence-electron chi connectivity index (χ4n) is 2.92. The fourth-order valence-corrected chi connectivity index (χ4v) is 3.32. The molecule has 1 aliphatic heterocycles. The van der Waals surface area contributed by atoms with Crippen LogP contribution < -0.4 is 10.7 Å². The number of halogens is 1. The Bertz CT molecular complexity index is 820. The zero-order valence-electron chi connectivity index (χ0n) is 13.7. The molecule has 0 unspecified atom stereocenters. The number of carbonyl (C=O) groups excluding carboxylic acids is 2. The van der Waals surface area contributed by atoms with E-state index in [1.165, 1.54) is 0 Å². The summed E-state index contributed by atoms with van der Waals surface area (Å²) in [5.74, 6) is -1.61. The second-order valence-electron chi connectivity index (χ2n) is 5.92. The average molecular weight is 400 g/mol. The summed E-state index contributed by atoms with van der Waals surface area (Å²) in [6.07, 6.45) is 0. The maximum atomic E-state index is 12.6. The smallest absolute Gasteiger partial charge is 0.253 e. The highest BCUT2D eigenvalue weighted by Crippen LogP contribution is 2.29. The molecule has 2 atom stereocenters. The number of benzene rings is 2. The van der Waals surface area contributed by atoms with Crippen molar-refractivity contribution in [2.75, 3.05) is 6.54 Å². The van der Waals surface area contributed by atoms with Crippen molar-refractivity contribution in [3.8, 4) is 0 Å². The van der Waals surface area contributed by atoms with Crippen LogP contribution in [0.15, 0.2) is 64.2 Å². The Morgan fingerprint density at radius 3 is 2.68 bits per heavy atom. The number of hydrazone groups is 1. The third kappa shape index (κ3) is 3.96. The zero-order valence-corrected chi connectivity index (χ0v) is 15.3. The molecule has 0 radical (unpaired) electrons. The average Bonchev–Trinajstić information content (AvgIpc) is 3.02. The summed E-state index contributed by atoms with van der Waals surface area (Å²) >= 11 is 3.41. The molecule has 0 aromatic heterocycles. The molecule has 1 fully saturated rings. The monoisotopic (exact) mass is 399 g/mol. The third-order valence-corrected chi connectivity index (χ3v) is 4.76. The topological polar surface area (TPSA) is 70.6 Å². The van der Waals surface area contributed by atoms with Crippen molar-refractivity contribution >= 4 is 33.5 Å². The molecule has 3 rings (SSSR count). The van der Waals surface area contributed by atoms with E-state index in [4.69, 9.17) is 0 Å². The predicted octanol–water partition coefficient (Wildman–Crippen LogP) is 2.82. The van der Waals surface area contributed by atoms with Crippen molar-refractivity contribution in [2.45, 2.75) is 12.8 Å². The minimum atomic E-state index is -0.776. The van der Waals surface area contributed by atoms with Gasteiger partial charge in [-0.2, -0.15) is 5.10 Å². The van der Waals surface area contributed by atoms with Crippen LogP contribution in [0.2, 0.25) is 0 Å². The number of amides is 2. The minimum absolute atomic E-state index is 0.185. The summed E-state index contributed by atoms with van der Waals surface area (Å²) in [5.41, 5.74) is 5.08. The Morgan fingerprint density at radius 1 is 1.20 bits per heavy atom. The Balaban J connectivity index is 1.75. The van der Waals surface area contributed by atoms with Crippen molar-refractivity contribution in [1.29, 1.82) is 0 Å². The van der Waals surface area contributed by atoms with Crippen molar-refractivity contribution in [1.82, 2.24) is 10.7 Å². The Hall–Kier alpha value is -2.47. The van der Waals surface area contributed by atoms with Gasteiger partial charge in [-0.15, -0.1) is 0 Å². The first-order chi connectivity index (χ1) is 12.1. The van der Waals surface area contributed by atoms with Gasteiger partial charge in [0.15, 0.2) is 0 Å². The van der Waals surface area contributed by atoms with Gasteiger partial charge in [-0.1, -0.05) is 58.4 Å². The van der Waals surface area contributed by atoms with E-state index in [9.17, 15) is 9.59 Å². The number of rotatable bonds is 4. The van der Waals surface area contributed by atoms with E-state index in [2.05, 4.69) is 31.8 Å². The van der Waals surface area contributed by atoms with Crippen LogP contribution in [0.3, 0.4) is 0 Å². The van der Waals surface area contributed by atoms with Gasteiger partial charge < -0.3 is 5.32 Å². The van der Waals surface area contributed by atoms with E-state index in [0.717, 1.165) is 15.6 Å². The molecule has 0 aliphatic carbocycles. The van der Waals surface area contributed by atoms with Gasteiger partial charge in [0.05, 0.1) is 5.71 Å². The van der Waals surface area contributed by atoms with Crippen LogP contribution in [0.4, 0.5) is 0 Å². The molecule has 128 valence electrons. The summed E-state index contributed by atoms with van der Waals surface area (Å²) in [6, 6.07) is 17.2. The van der Waals surface area contributed by atoms with E-state index in [1.54, 1.807) is 0 Å². The van der Waals surface area contributed by atoms with Crippen LogP contribution in [-0.4, -0.2) is 24.1 Å². The molecule has 0 saturated carbocycles. The van der Waals surface area contributed by atoms with Gasteiger partial charge >= 0.3 is 0 Å². The van der Waals surface area contributed by atoms with Gasteiger partial charge in [0.1, 0.15) is 5.92 Å². The molecule has 0 spiro atoms. The number of nitrogens with zero attached hydrogens (tertiary/aromatic N) is 1. The lowest BCUT2D eigenvalue weighted by Crippen LogP contribution is -2.35. The van der Waals surface area contributed by atoms with Crippen LogP contribution in [0.25, 0.3) is 0 Å². The molecule has 0 bridgehead atoms. The van der Waals surface area contributed by atoms with E-state index in [1.807, 2.05) is 61.5 Å². The van der Waals surface area contributed by atoms with E-state index >= 15 is 0 Å². The molecule has 5 nitrogen and oxygen atoms in total. The van der Waals surface area contributed by atoms with Gasteiger partial charge in [0, 0.05) is 16.9 Å². The Labute approximate surface area is 154 Å². The Kier molecular flexibility index (Phi) is 5.28. The highest BCUT2D eigenvalue weighted by Gasteiger charge is 2.40. The second-order valence-corrected chi connectivity index (χ2v) is 6.84. The van der Waals surface area contributed by atoms with Crippen molar-refractivity contribution in [3.05, 3.63) is 70.2 Å². The van der Waals surface area contributed by atoms with Crippen LogP contribution >= 0.6 is 15.9 Å². The molecule has 25 heavy (non-hydrogen) atoms. The van der Waals surface area contributed by atoms with E-state index < -0.39 is 11.8 Å². The van der Waals surface area contributed by atoms with E-state index in [-0.39, 0.29) is 11.8 Å². The summed E-state index contributed by atoms with van der Waals surface area (Å²) < 4.78 is 0.935. The van der Waals surface area contributed by atoms with Crippen LogP contribution in [0.1, 0.15) is 24.0 Å². The van der Waals surface area contributed by atoms with Gasteiger partial charge in [0.2, 0.25) is 5.91 Å². The lowest BCUT2D eigenvalue weighted by atomic mass is 9.88. The van der Waals surface area contributed by atoms with Gasteiger partial charge in [-0.05, 0) is 30.2 Å². The molecule has 2 N–H and O–H groups in total. The molecule has 2 amide bonds. The normalized spacial score (nSPS) is 20.2. The lowest BCUT2D eigenvalue weighted by molar-refractivity contribution is -0.133. The maximum Gasteiger partial charge on any atom is 0.253 e. The number of hydrogen-bond donors (Lipinski definition) is 2. The van der Waals surface area contributed by atoms with Gasteiger partial charge in [-0.25, -0.2) is 5.43 Å². The number of hydrogen-bond acceptors (Lipinski definition) is 3. The molecule has 2 aromatic carbocycles. The van der Waals surface area contributed by atoms with Crippen LogP contribution in [0.5, 0.6) is 0 Å². The third-order valence-electron chi connectivity index (χ3n) is 4.27. The maximum absolute atomic E-state index is 12.6. The molecule has 1 aliphatic rings. The van der Waals surface area contributed by atoms with Gasteiger partial charge in [0.25, 0.3) is 5.91 Å². The molecule has 2 aromatic rings. The summed E-state index contributed by atoms with van der Waals surface area (Å²) in [4.78, 5) is 24.7. The summed E-state index contributed by atoms with van der Waals surface area (Å²) in [5, 5.41) is 6.93. The molecular weight excluding hydrogens is 382 g/mol. The quantitative estimate of drug-likeness (QED) is 0.471. The molecule has 1 heterocycles. The number of carbonyl (C=O) groups is 2.